The van der Waals surface area contributed by atoms with Gasteiger partial charge >= 0.3 is 12.4 Å². The molecule has 0 bridgehead atoms. The molecule has 148 valence electrons. The summed E-state index contributed by atoms with van der Waals surface area (Å²) in [6.07, 6.45) is -8.60. The van der Waals surface area contributed by atoms with E-state index in [9.17, 15) is 26.3 Å². The van der Waals surface area contributed by atoms with Gasteiger partial charge in [-0.05, 0) is 24.3 Å². The zero-order valence-electron chi connectivity index (χ0n) is 13.7. The number of hydrogen-bond acceptors (Lipinski definition) is 7. The summed E-state index contributed by atoms with van der Waals surface area (Å²) in [6.45, 7) is 0. The van der Waals surface area contributed by atoms with Crippen LogP contribution in [0.4, 0.5) is 26.3 Å². The van der Waals surface area contributed by atoms with Crippen LogP contribution in [0.1, 0.15) is 22.6 Å². The van der Waals surface area contributed by atoms with Gasteiger partial charge in [0.05, 0.1) is 0 Å². The Morgan fingerprint density at radius 2 is 1.61 bits per heavy atom. The average molecular weight is 403 g/mol. The Balaban J connectivity index is 2.08. The summed E-state index contributed by atoms with van der Waals surface area (Å²) < 4.78 is 77.3. The molecule has 1 aliphatic rings. The lowest BCUT2D eigenvalue weighted by atomic mass is 10.1. The second-order valence-corrected chi connectivity index (χ2v) is 5.64. The van der Waals surface area contributed by atoms with Gasteiger partial charge in [-0.1, -0.05) is 6.07 Å². The Hall–Kier alpha value is -3.22. The summed E-state index contributed by atoms with van der Waals surface area (Å²) in [5.41, 5.74) is 8.69. The van der Waals surface area contributed by atoms with Gasteiger partial charge in [-0.25, -0.2) is 15.0 Å². The Kier molecular flexibility index (Phi) is 4.49. The van der Waals surface area contributed by atoms with Crippen molar-refractivity contribution in [2.75, 3.05) is 0 Å². The Morgan fingerprint density at radius 1 is 0.929 bits per heavy atom. The molecule has 3 heterocycles. The van der Waals surface area contributed by atoms with Crippen LogP contribution in [-0.2, 0) is 18.1 Å². The van der Waals surface area contributed by atoms with Crippen molar-refractivity contribution in [2.45, 2.75) is 18.1 Å². The second-order valence-electron chi connectivity index (χ2n) is 5.64. The van der Waals surface area contributed by atoms with Crippen molar-refractivity contribution in [3.05, 3.63) is 59.2 Å². The first-order chi connectivity index (χ1) is 12.9. The smallest absolute Gasteiger partial charge is 0.370 e. The Morgan fingerprint density at radius 3 is 2.25 bits per heavy atom. The number of rotatable bonds is 2. The van der Waals surface area contributed by atoms with Crippen LogP contribution in [0.5, 0.6) is 0 Å². The third-order valence-corrected chi connectivity index (χ3v) is 3.58. The van der Waals surface area contributed by atoms with Gasteiger partial charge in [0.25, 0.3) is 0 Å². The van der Waals surface area contributed by atoms with Crippen LogP contribution in [0.25, 0.3) is 0 Å². The average Bonchev–Trinajstić information content (AvgIpc) is 2.60. The molecule has 0 aliphatic carbocycles. The van der Waals surface area contributed by atoms with Crippen molar-refractivity contribution in [1.29, 1.82) is 0 Å². The fourth-order valence-corrected chi connectivity index (χ4v) is 2.35. The summed E-state index contributed by atoms with van der Waals surface area (Å²) in [6, 6.07) is 4.80. The third kappa shape index (κ3) is 3.88. The molecule has 0 fully saturated rings. The highest BCUT2D eigenvalue weighted by Crippen LogP contribution is 2.32. The highest BCUT2D eigenvalue weighted by Gasteiger charge is 2.37. The van der Waals surface area contributed by atoms with E-state index >= 15 is 0 Å². The van der Waals surface area contributed by atoms with Crippen LogP contribution >= 0.6 is 0 Å². The number of pyridine rings is 2. The van der Waals surface area contributed by atoms with Crippen LogP contribution < -0.4 is 16.8 Å². The molecule has 3 rings (SSSR count). The summed E-state index contributed by atoms with van der Waals surface area (Å²) in [5, 5.41) is 2.41. The first-order valence-corrected chi connectivity index (χ1v) is 7.48. The van der Waals surface area contributed by atoms with E-state index in [0.717, 1.165) is 24.4 Å². The van der Waals surface area contributed by atoms with Crippen LogP contribution in [0.3, 0.4) is 0 Å². The molecule has 0 aromatic carbocycles. The van der Waals surface area contributed by atoms with E-state index in [4.69, 9.17) is 11.5 Å². The number of aliphatic imine (C=N–C) groups is 2. The minimum Gasteiger partial charge on any atom is -0.370 e. The van der Waals surface area contributed by atoms with E-state index in [0.29, 0.717) is 6.07 Å². The highest BCUT2D eigenvalue weighted by molar-refractivity contribution is 6.08. The number of nitrogens with zero attached hydrogens (tertiary/aromatic N) is 4. The predicted octanol–water partition coefficient (Wildman–Crippen LogP) is 1.95. The zero-order chi connectivity index (χ0) is 20.7. The van der Waals surface area contributed by atoms with Crippen molar-refractivity contribution < 1.29 is 26.3 Å². The topological polar surface area (TPSA) is 115 Å². The number of alkyl halides is 6. The molecule has 1 atom stereocenters. The molecule has 7 nitrogen and oxygen atoms in total. The Labute approximate surface area is 153 Å². The van der Waals surface area contributed by atoms with E-state index < -0.39 is 29.5 Å². The maximum absolute atomic E-state index is 12.9. The van der Waals surface area contributed by atoms with Crippen molar-refractivity contribution in [2.24, 2.45) is 21.5 Å². The molecule has 0 saturated heterocycles. The number of aromatic nitrogens is 2. The molecule has 28 heavy (non-hydrogen) atoms. The minimum atomic E-state index is -4.75. The van der Waals surface area contributed by atoms with Crippen LogP contribution in [0, 0.1) is 0 Å². The monoisotopic (exact) mass is 403 g/mol. The van der Waals surface area contributed by atoms with Gasteiger partial charge in [-0.15, -0.1) is 0 Å². The van der Waals surface area contributed by atoms with E-state index in [2.05, 4.69) is 25.3 Å². The van der Waals surface area contributed by atoms with Crippen molar-refractivity contribution in [3.63, 3.8) is 0 Å². The lowest BCUT2D eigenvalue weighted by Crippen LogP contribution is -2.49. The highest BCUT2D eigenvalue weighted by atomic mass is 19.4. The van der Waals surface area contributed by atoms with Crippen molar-refractivity contribution in [3.8, 4) is 0 Å². The van der Waals surface area contributed by atoms with E-state index in [-0.39, 0.29) is 23.1 Å². The van der Waals surface area contributed by atoms with Gasteiger partial charge in [0.15, 0.2) is 11.8 Å². The van der Waals surface area contributed by atoms with E-state index in [1.807, 2.05) is 0 Å². The van der Waals surface area contributed by atoms with E-state index in [1.54, 1.807) is 0 Å². The fourth-order valence-electron chi connectivity index (χ4n) is 2.35. The minimum absolute atomic E-state index is 0.219. The molecule has 0 spiro atoms. The normalized spacial score (nSPS) is 20.2. The molecule has 13 heteroatoms. The number of nitrogens with two attached hydrogens (primary N) is 2. The summed E-state index contributed by atoms with van der Waals surface area (Å²) >= 11 is 0. The number of halogens is 6. The number of nitrogens with one attached hydrogen (secondary N) is 1. The SMILES string of the molecule is NC1=NC(N)(c2ccnc(C(F)(F)F)c2)N=C(c2cccc(C(F)(F)F)n2)N1. The molecule has 2 aromatic heterocycles. The molecule has 0 radical (unpaired) electrons. The van der Waals surface area contributed by atoms with Crippen molar-refractivity contribution >= 4 is 11.8 Å². The van der Waals surface area contributed by atoms with Crippen LogP contribution in [0.2, 0.25) is 0 Å². The second kappa shape index (κ2) is 6.44. The third-order valence-electron chi connectivity index (χ3n) is 3.58. The lowest BCUT2D eigenvalue weighted by molar-refractivity contribution is -0.142. The van der Waals surface area contributed by atoms with Gasteiger partial charge in [-0.2, -0.15) is 26.3 Å². The van der Waals surface area contributed by atoms with Crippen LogP contribution in [-0.4, -0.2) is 21.8 Å². The number of hydrogen-bond donors (Lipinski definition) is 3. The predicted molar refractivity (Wildman–Crippen MR) is 85.6 cm³/mol. The number of guanidine groups is 1. The first kappa shape index (κ1) is 19.5. The quantitative estimate of drug-likeness (QED) is 0.663. The Bertz CT molecular complexity index is 966. The molecule has 5 N–H and O–H groups in total. The number of amidine groups is 1. The molecule has 0 saturated carbocycles. The van der Waals surface area contributed by atoms with Gasteiger partial charge < -0.3 is 11.1 Å². The van der Waals surface area contributed by atoms with Gasteiger partial charge in [0.1, 0.15) is 17.1 Å². The lowest BCUT2D eigenvalue weighted by Gasteiger charge is -2.28. The largest absolute Gasteiger partial charge is 0.433 e. The maximum atomic E-state index is 12.9. The maximum Gasteiger partial charge on any atom is 0.433 e. The summed E-state index contributed by atoms with van der Waals surface area (Å²) in [5.74, 6) is -2.77. The van der Waals surface area contributed by atoms with Gasteiger partial charge in [0.2, 0.25) is 5.79 Å². The zero-order valence-corrected chi connectivity index (χ0v) is 13.7. The van der Waals surface area contributed by atoms with Crippen LogP contribution in [0.15, 0.2) is 46.5 Å². The van der Waals surface area contributed by atoms with Gasteiger partial charge in [0, 0.05) is 11.8 Å². The molecule has 1 unspecified atom stereocenters. The molecular weight excluding hydrogens is 392 g/mol. The van der Waals surface area contributed by atoms with E-state index in [1.165, 1.54) is 6.07 Å². The summed E-state index contributed by atoms with van der Waals surface area (Å²) in [4.78, 5) is 14.4. The van der Waals surface area contributed by atoms with Crippen molar-refractivity contribution in [1.82, 2.24) is 15.3 Å². The molecular formula is C15H11F6N7. The first-order valence-electron chi connectivity index (χ1n) is 7.48. The molecule has 2 aromatic rings. The summed E-state index contributed by atoms with van der Waals surface area (Å²) in [7, 11) is 0. The molecule has 1 aliphatic heterocycles. The van der Waals surface area contributed by atoms with Gasteiger partial charge in [-0.3, -0.25) is 10.7 Å². The standard InChI is InChI=1S/C15H11F6N7/c16-13(17,18)9-3-1-2-8(25-9)11-26-12(22)28-15(23,27-11)7-4-5-24-10(6-7)14(19,20)21/h1-6H,23H2,(H3,22,26,27,28). The fraction of sp³-hybridized carbons (Fsp3) is 0.200. The molecule has 0 amide bonds.